The third kappa shape index (κ3) is 5.57. The number of ether oxygens (including phenoxy) is 2. The SMILES string of the molecule is COc1cc(C#CC#CCN2CCOCC2)ccc1O.Cl. The van der Waals surface area contributed by atoms with E-state index in [-0.39, 0.29) is 18.2 Å². The largest absolute Gasteiger partial charge is 0.504 e. The first kappa shape index (κ1) is 17.2. The monoisotopic (exact) mass is 307 g/mol. The minimum Gasteiger partial charge on any atom is -0.504 e. The number of phenolic OH excluding ortho intramolecular Hbond substituents is 1. The van der Waals surface area contributed by atoms with Crippen molar-refractivity contribution >= 4 is 12.4 Å². The van der Waals surface area contributed by atoms with E-state index >= 15 is 0 Å². The fraction of sp³-hybridized carbons (Fsp3) is 0.375. The number of hydrogen-bond acceptors (Lipinski definition) is 4. The molecule has 0 bridgehead atoms. The zero-order valence-electron chi connectivity index (χ0n) is 11.9. The molecule has 0 spiro atoms. The number of halogens is 1. The fourth-order valence-electron chi connectivity index (χ4n) is 1.81. The van der Waals surface area contributed by atoms with Gasteiger partial charge in [0, 0.05) is 18.7 Å². The van der Waals surface area contributed by atoms with E-state index in [0.717, 1.165) is 38.4 Å². The van der Waals surface area contributed by atoms with Gasteiger partial charge >= 0.3 is 0 Å². The van der Waals surface area contributed by atoms with Gasteiger partial charge in [-0.25, -0.2) is 0 Å². The van der Waals surface area contributed by atoms with Crippen LogP contribution in [0.2, 0.25) is 0 Å². The second-order valence-corrected chi connectivity index (χ2v) is 4.33. The number of benzene rings is 1. The highest BCUT2D eigenvalue weighted by Crippen LogP contribution is 2.25. The molecule has 0 aliphatic carbocycles. The van der Waals surface area contributed by atoms with Crippen molar-refractivity contribution in [2.75, 3.05) is 40.0 Å². The van der Waals surface area contributed by atoms with E-state index in [1.165, 1.54) is 7.11 Å². The highest BCUT2D eigenvalue weighted by molar-refractivity contribution is 5.85. The molecule has 112 valence electrons. The van der Waals surface area contributed by atoms with Crippen molar-refractivity contribution in [3.05, 3.63) is 23.8 Å². The lowest BCUT2D eigenvalue weighted by Gasteiger charge is -2.24. The van der Waals surface area contributed by atoms with Crippen LogP contribution in [0.3, 0.4) is 0 Å². The van der Waals surface area contributed by atoms with Crippen LogP contribution in [0.5, 0.6) is 11.5 Å². The Balaban J connectivity index is 0.00000220. The van der Waals surface area contributed by atoms with Crippen LogP contribution in [0.1, 0.15) is 5.56 Å². The summed E-state index contributed by atoms with van der Waals surface area (Å²) in [7, 11) is 1.51. The first-order valence-corrected chi connectivity index (χ1v) is 6.45. The van der Waals surface area contributed by atoms with Crippen LogP contribution in [-0.4, -0.2) is 50.0 Å². The first-order chi connectivity index (χ1) is 9.79. The maximum Gasteiger partial charge on any atom is 0.161 e. The number of phenols is 1. The van der Waals surface area contributed by atoms with E-state index in [2.05, 4.69) is 28.6 Å². The number of aromatic hydroxyl groups is 1. The van der Waals surface area contributed by atoms with Gasteiger partial charge in [0.25, 0.3) is 0 Å². The van der Waals surface area contributed by atoms with Crippen molar-refractivity contribution < 1.29 is 14.6 Å². The van der Waals surface area contributed by atoms with Crippen LogP contribution in [-0.2, 0) is 4.74 Å². The predicted molar refractivity (Wildman–Crippen MR) is 83.8 cm³/mol. The van der Waals surface area contributed by atoms with Gasteiger partial charge in [0.05, 0.1) is 26.9 Å². The van der Waals surface area contributed by atoms with Crippen molar-refractivity contribution in [1.29, 1.82) is 0 Å². The fourth-order valence-corrected chi connectivity index (χ4v) is 1.81. The number of nitrogens with zero attached hydrogens (tertiary/aromatic N) is 1. The van der Waals surface area contributed by atoms with E-state index in [4.69, 9.17) is 9.47 Å². The number of hydrogen-bond donors (Lipinski definition) is 1. The zero-order chi connectivity index (χ0) is 14.2. The van der Waals surface area contributed by atoms with Crippen LogP contribution < -0.4 is 4.74 Å². The smallest absolute Gasteiger partial charge is 0.161 e. The van der Waals surface area contributed by atoms with Crippen LogP contribution in [0.25, 0.3) is 0 Å². The molecule has 1 heterocycles. The molecule has 5 heteroatoms. The van der Waals surface area contributed by atoms with Gasteiger partial charge in [-0.3, -0.25) is 4.90 Å². The normalized spacial score (nSPS) is 14.0. The molecule has 1 saturated heterocycles. The molecule has 1 aliphatic heterocycles. The Morgan fingerprint density at radius 3 is 2.76 bits per heavy atom. The Hall–Kier alpha value is -1.85. The molecule has 2 rings (SSSR count). The summed E-state index contributed by atoms with van der Waals surface area (Å²) in [6, 6.07) is 4.98. The number of morpholine rings is 1. The van der Waals surface area contributed by atoms with E-state index in [1.54, 1.807) is 18.2 Å². The van der Waals surface area contributed by atoms with E-state index in [9.17, 15) is 5.11 Å². The minimum atomic E-state index is 0. The maximum absolute atomic E-state index is 9.47. The van der Waals surface area contributed by atoms with Gasteiger partial charge < -0.3 is 14.6 Å². The lowest BCUT2D eigenvalue weighted by atomic mass is 10.2. The van der Waals surface area contributed by atoms with Crippen molar-refractivity contribution in [2.24, 2.45) is 0 Å². The summed E-state index contributed by atoms with van der Waals surface area (Å²) in [6.45, 7) is 4.13. The summed E-state index contributed by atoms with van der Waals surface area (Å²) >= 11 is 0. The molecule has 0 atom stereocenters. The van der Waals surface area contributed by atoms with Gasteiger partial charge in [-0.15, -0.1) is 12.4 Å². The average Bonchev–Trinajstić information content (AvgIpc) is 2.49. The second-order valence-electron chi connectivity index (χ2n) is 4.33. The lowest BCUT2D eigenvalue weighted by Crippen LogP contribution is -2.36. The van der Waals surface area contributed by atoms with Crippen molar-refractivity contribution in [3.63, 3.8) is 0 Å². The summed E-state index contributed by atoms with van der Waals surface area (Å²) in [6.07, 6.45) is 0. The molecule has 1 aromatic rings. The quantitative estimate of drug-likeness (QED) is 0.841. The molecule has 1 N–H and O–H groups in total. The molecule has 1 fully saturated rings. The first-order valence-electron chi connectivity index (χ1n) is 6.45. The lowest BCUT2D eigenvalue weighted by molar-refractivity contribution is 0.0443. The van der Waals surface area contributed by atoms with E-state index in [1.807, 2.05) is 0 Å². The standard InChI is InChI=1S/C16H17NO3.ClH/c1-19-16-13-14(6-7-15(16)18)5-3-2-4-8-17-9-11-20-12-10-17;/h6-7,13,18H,8-12H2,1H3;1H. The van der Waals surface area contributed by atoms with Crippen molar-refractivity contribution in [1.82, 2.24) is 4.90 Å². The van der Waals surface area contributed by atoms with E-state index in [0.29, 0.717) is 5.75 Å². The molecule has 0 radical (unpaired) electrons. The topological polar surface area (TPSA) is 41.9 Å². The molecule has 1 aliphatic rings. The van der Waals surface area contributed by atoms with Gasteiger partial charge in [-0.2, -0.15) is 0 Å². The molecule has 0 unspecified atom stereocenters. The average molecular weight is 308 g/mol. The molecule has 0 amide bonds. The summed E-state index contributed by atoms with van der Waals surface area (Å²) in [5, 5.41) is 9.47. The van der Waals surface area contributed by atoms with Gasteiger partial charge in [-0.05, 0) is 30.0 Å². The Morgan fingerprint density at radius 2 is 2.05 bits per heavy atom. The maximum atomic E-state index is 9.47. The van der Waals surface area contributed by atoms with Crippen LogP contribution in [0.15, 0.2) is 18.2 Å². The summed E-state index contributed by atoms with van der Waals surface area (Å²) < 4.78 is 10.3. The number of rotatable bonds is 2. The Morgan fingerprint density at radius 1 is 1.29 bits per heavy atom. The summed E-state index contributed by atoms with van der Waals surface area (Å²) in [4.78, 5) is 2.24. The summed E-state index contributed by atoms with van der Waals surface area (Å²) in [5.41, 5.74) is 0.764. The van der Waals surface area contributed by atoms with Gasteiger partial charge in [0.15, 0.2) is 11.5 Å². The highest BCUT2D eigenvalue weighted by atomic mass is 35.5. The zero-order valence-corrected chi connectivity index (χ0v) is 12.7. The van der Waals surface area contributed by atoms with Crippen LogP contribution in [0.4, 0.5) is 0 Å². The van der Waals surface area contributed by atoms with E-state index < -0.39 is 0 Å². The van der Waals surface area contributed by atoms with Crippen molar-refractivity contribution in [3.8, 4) is 35.2 Å². The molecule has 21 heavy (non-hydrogen) atoms. The Labute approximate surface area is 131 Å². The summed E-state index contributed by atoms with van der Waals surface area (Å²) in [5.74, 6) is 12.1. The Kier molecular flexibility index (Phi) is 7.50. The third-order valence-electron chi connectivity index (χ3n) is 2.94. The van der Waals surface area contributed by atoms with Gasteiger partial charge in [0.1, 0.15) is 0 Å². The van der Waals surface area contributed by atoms with Crippen molar-refractivity contribution in [2.45, 2.75) is 0 Å². The minimum absolute atomic E-state index is 0. The molecular weight excluding hydrogens is 290 g/mol. The second kappa shape index (κ2) is 9.15. The molecular formula is C16H18ClNO3. The van der Waals surface area contributed by atoms with Gasteiger partial charge in [-0.1, -0.05) is 11.8 Å². The van der Waals surface area contributed by atoms with Crippen LogP contribution in [0, 0.1) is 23.7 Å². The molecule has 1 aromatic carbocycles. The molecule has 0 aromatic heterocycles. The number of methoxy groups -OCH3 is 1. The van der Waals surface area contributed by atoms with Crippen LogP contribution >= 0.6 is 12.4 Å². The predicted octanol–water partition coefficient (Wildman–Crippen LogP) is 1.51. The highest BCUT2D eigenvalue weighted by Gasteiger charge is 2.07. The Bertz CT molecular complexity index is 575. The molecule has 4 nitrogen and oxygen atoms in total. The molecule has 0 saturated carbocycles. The van der Waals surface area contributed by atoms with Gasteiger partial charge in [0.2, 0.25) is 0 Å². The third-order valence-corrected chi connectivity index (χ3v) is 2.94.